The lowest BCUT2D eigenvalue weighted by Gasteiger charge is -2.07. The topological polar surface area (TPSA) is 26.0 Å². The Kier molecular flexibility index (Phi) is 7.88. The van der Waals surface area contributed by atoms with Crippen molar-refractivity contribution >= 4 is 11.8 Å². The molecule has 0 amide bonds. The van der Waals surface area contributed by atoms with Crippen LogP contribution in [0.4, 0.5) is 0 Å². The van der Waals surface area contributed by atoms with Crippen molar-refractivity contribution in [2.45, 2.75) is 32.7 Å². The van der Waals surface area contributed by atoms with Crippen molar-refractivity contribution in [2.75, 3.05) is 11.5 Å². The van der Waals surface area contributed by atoms with Crippen LogP contribution in [0.2, 0.25) is 0 Å². The maximum Gasteiger partial charge on any atom is 0.0139 e. The highest BCUT2D eigenvalue weighted by Gasteiger charge is 1.99. The Morgan fingerprint density at radius 2 is 2.27 bits per heavy atom. The average molecular weight is 171 g/mol. The SMILES string of the molecule is CC#CCCC(N)CSCC. The van der Waals surface area contributed by atoms with Gasteiger partial charge in [0.15, 0.2) is 0 Å². The predicted molar refractivity (Wildman–Crippen MR) is 53.7 cm³/mol. The molecule has 0 aliphatic carbocycles. The van der Waals surface area contributed by atoms with E-state index in [-0.39, 0.29) is 0 Å². The van der Waals surface area contributed by atoms with E-state index in [2.05, 4.69) is 18.8 Å². The highest BCUT2D eigenvalue weighted by Crippen LogP contribution is 2.04. The zero-order valence-electron chi connectivity index (χ0n) is 7.39. The van der Waals surface area contributed by atoms with E-state index in [9.17, 15) is 0 Å². The molecule has 1 unspecified atom stereocenters. The molecular formula is C9H17NS. The summed E-state index contributed by atoms with van der Waals surface area (Å²) in [4.78, 5) is 0. The zero-order valence-corrected chi connectivity index (χ0v) is 8.21. The zero-order chi connectivity index (χ0) is 8.53. The minimum Gasteiger partial charge on any atom is -0.327 e. The van der Waals surface area contributed by atoms with Gasteiger partial charge in [0.2, 0.25) is 0 Å². The normalized spacial score (nSPS) is 11.9. The van der Waals surface area contributed by atoms with Crippen molar-refractivity contribution in [3.8, 4) is 11.8 Å². The Bertz CT molecular complexity index is 134. The molecular weight excluding hydrogens is 154 g/mol. The Labute approximate surface area is 74.1 Å². The molecule has 1 nitrogen and oxygen atoms in total. The molecule has 0 aromatic rings. The first kappa shape index (κ1) is 10.9. The van der Waals surface area contributed by atoms with Crippen molar-refractivity contribution < 1.29 is 0 Å². The third kappa shape index (κ3) is 7.77. The standard InChI is InChI=1S/C9H17NS/c1-3-5-6-7-9(10)8-11-4-2/h9H,4,6-8,10H2,1-2H3. The van der Waals surface area contributed by atoms with Crippen molar-refractivity contribution in [3.05, 3.63) is 0 Å². The molecule has 2 N–H and O–H groups in total. The molecule has 64 valence electrons. The second-order valence-electron chi connectivity index (χ2n) is 2.38. The van der Waals surface area contributed by atoms with Crippen LogP contribution in [-0.2, 0) is 0 Å². The fourth-order valence-electron chi connectivity index (χ4n) is 0.735. The second kappa shape index (κ2) is 7.97. The summed E-state index contributed by atoms with van der Waals surface area (Å²) in [5.74, 6) is 8.11. The third-order valence-corrected chi connectivity index (χ3v) is 2.43. The maximum atomic E-state index is 5.81. The molecule has 0 saturated carbocycles. The monoisotopic (exact) mass is 171 g/mol. The smallest absolute Gasteiger partial charge is 0.0139 e. The van der Waals surface area contributed by atoms with E-state index in [1.165, 1.54) is 0 Å². The van der Waals surface area contributed by atoms with Gasteiger partial charge in [-0.2, -0.15) is 11.8 Å². The van der Waals surface area contributed by atoms with Gasteiger partial charge in [-0.15, -0.1) is 11.8 Å². The number of rotatable bonds is 5. The van der Waals surface area contributed by atoms with Crippen LogP contribution in [0.3, 0.4) is 0 Å². The largest absolute Gasteiger partial charge is 0.327 e. The predicted octanol–water partition coefficient (Wildman–Crippen LogP) is 1.87. The quantitative estimate of drug-likeness (QED) is 0.639. The highest BCUT2D eigenvalue weighted by molar-refractivity contribution is 7.99. The molecule has 0 aromatic heterocycles. The Morgan fingerprint density at radius 1 is 1.55 bits per heavy atom. The van der Waals surface area contributed by atoms with Crippen LogP contribution in [0.1, 0.15) is 26.7 Å². The molecule has 0 heterocycles. The summed E-state index contributed by atoms with van der Waals surface area (Å²) in [6.07, 6.45) is 1.98. The summed E-state index contributed by atoms with van der Waals surface area (Å²) in [6, 6.07) is 0.334. The van der Waals surface area contributed by atoms with E-state index in [1.54, 1.807) is 0 Å². The third-order valence-electron chi connectivity index (χ3n) is 1.35. The summed E-state index contributed by atoms with van der Waals surface area (Å²) < 4.78 is 0. The van der Waals surface area contributed by atoms with Gasteiger partial charge in [0.1, 0.15) is 0 Å². The maximum absolute atomic E-state index is 5.81. The number of hydrogen-bond acceptors (Lipinski definition) is 2. The minimum absolute atomic E-state index is 0.334. The summed E-state index contributed by atoms with van der Waals surface area (Å²) >= 11 is 1.90. The minimum atomic E-state index is 0.334. The molecule has 0 aliphatic rings. The van der Waals surface area contributed by atoms with Crippen molar-refractivity contribution in [1.29, 1.82) is 0 Å². The van der Waals surface area contributed by atoms with Crippen molar-refractivity contribution in [2.24, 2.45) is 5.73 Å². The molecule has 0 radical (unpaired) electrons. The first-order valence-corrected chi connectivity index (χ1v) is 5.19. The van der Waals surface area contributed by atoms with E-state index < -0.39 is 0 Å². The molecule has 2 heteroatoms. The Balaban J connectivity index is 3.19. The van der Waals surface area contributed by atoms with Crippen LogP contribution >= 0.6 is 11.8 Å². The highest BCUT2D eigenvalue weighted by atomic mass is 32.2. The van der Waals surface area contributed by atoms with Gasteiger partial charge in [-0.3, -0.25) is 0 Å². The number of thioether (sulfide) groups is 1. The van der Waals surface area contributed by atoms with Crippen LogP contribution in [0.25, 0.3) is 0 Å². The van der Waals surface area contributed by atoms with Gasteiger partial charge in [0.25, 0.3) is 0 Å². The van der Waals surface area contributed by atoms with E-state index in [0.29, 0.717) is 6.04 Å². The van der Waals surface area contributed by atoms with Gasteiger partial charge < -0.3 is 5.73 Å². The first-order valence-electron chi connectivity index (χ1n) is 4.04. The van der Waals surface area contributed by atoms with Crippen LogP contribution in [0.5, 0.6) is 0 Å². The Hall–Kier alpha value is -0.130. The lowest BCUT2D eigenvalue weighted by atomic mass is 10.2. The van der Waals surface area contributed by atoms with Gasteiger partial charge in [0, 0.05) is 18.2 Å². The van der Waals surface area contributed by atoms with Crippen LogP contribution in [0, 0.1) is 11.8 Å². The van der Waals surface area contributed by atoms with Crippen molar-refractivity contribution in [3.63, 3.8) is 0 Å². The summed E-state index contributed by atoms with van der Waals surface area (Å²) in [7, 11) is 0. The van der Waals surface area contributed by atoms with Crippen LogP contribution < -0.4 is 5.73 Å². The second-order valence-corrected chi connectivity index (χ2v) is 3.70. The lowest BCUT2D eigenvalue weighted by Crippen LogP contribution is -2.22. The fraction of sp³-hybridized carbons (Fsp3) is 0.778. The summed E-state index contributed by atoms with van der Waals surface area (Å²) in [5.41, 5.74) is 5.81. The summed E-state index contributed by atoms with van der Waals surface area (Å²) in [5, 5.41) is 0. The van der Waals surface area contributed by atoms with E-state index in [1.807, 2.05) is 18.7 Å². The number of nitrogens with two attached hydrogens (primary N) is 1. The molecule has 0 aliphatic heterocycles. The fourth-order valence-corrected chi connectivity index (χ4v) is 1.44. The van der Waals surface area contributed by atoms with E-state index in [4.69, 9.17) is 5.73 Å². The molecule has 11 heavy (non-hydrogen) atoms. The number of hydrogen-bond donors (Lipinski definition) is 1. The molecule has 0 aromatic carbocycles. The van der Waals surface area contributed by atoms with Gasteiger partial charge in [-0.1, -0.05) is 6.92 Å². The molecule has 1 atom stereocenters. The van der Waals surface area contributed by atoms with Gasteiger partial charge in [-0.05, 0) is 19.1 Å². The average Bonchev–Trinajstić information content (AvgIpc) is 2.01. The molecule has 0 bridgehead atoms. The van der Waals surface area contributed by atoms with Gasteiger partial charge >= 0.3 is 0 Å². The van der Waals surface area contributed by atoms with Crippen LogP contribution in [0.15, 0.2) is 0 Å². The lowest BCUT2D eigenvalue weighted by molar-refractivity contribution is 0.692. The van der Waals surface area contributed by atoms with Gasteiger partial charge in [0.05, 0.1) is 0 Å². The molecule has 0 fully saturated rings. The van der Waals surface area contributed by atoms with E-state index >= 15 is 0 Å². The van der Waals surface area contributed by atoms with Crippen molar-refractivity contribution in [1.82, 2.24) is 0 Å². The Morgan fingerprint density at radius 3 is 2.82 bits per heavy atom. The molecule has 0 saturated heterocycles. The van der Waals surface area contributed by atoms with Crippen LogP contribution in [-0.4, -0.2) is 17.5 Å². The van der Waals surface area contributed by atoms with Gasteiger partial charge in [-0.25, -0.2) is 0 Å². The molecule has 0 spiro atoms. The molecule has 0 rings (SSSR count). The summed E-state index contributed by atoms with van der Waals surface area (Å²) in [6.45, 7) is 4.02. The first-order chi connectivity index (χ1) is 5.31. The van der Waals surface area contributed by atoms with E-state index in [0.717, 1.165) is 24.3 Å².